The highest BCUT2D eigenvalue weighted by molar-refractivity contribution is 5.50. The Morgan fingerprint density at radius 1 is 1.19 bits per heavy atom. The van der Waals surface area contributed by atoms with Crippen molar-refractivity contribution in [1.29, 1.82) is 0 Å². The van der Waals surface area contributed by atoms with E-state index in [9.17, 15) is 13.2 Å². The molecule has 1 aromatic rings. The molecule has 1 nitrogen and oxygen atoms in total. The van der Waals surface area contributed by atoms with Gasteiger partial charge in [-0.1, -0.05) is 25.8 Å². The summed E-state index contributed by atoms with van der Waals surface area (Å²) >= 11 is 0. The van der Waals surface area contributed by atoms with Gasteiger partial charge in [0.25, 0.3) is 0 Å². The van der Waals surface area contributed by atoms with Crippen molar-refractivity contribution in [1.82, 2.24) is 0 Å². The number of nitrogen functional groups attached to an aromatic ring is 1. The van der Waals surface area contributed by atoms with Crippen LogP contribution >= 0.6 is 0 Å². The summed E-state index contributed by atoms with van der Waals surface area (Å²) in [5, 5.41) is 0. The van der Waals surface area contributed by atoms with E-state index in [-0.39, 0.29) is 5.69 Å². The summed E-state index contributed by atoms with van der Waals surface area (Å²) in [6.07, 6.45) is -0.674. The Morgan fingerprint density at radius 3 is 2.44 bits per heavy atom. The molecule has 4 heteroatoms. The molecule has 16 heavy (non-hydrogen) atoms. The Bertz CT molecular complexity index is 345. The van der Waals surface area contributed by atoms with Crippen LogP contribution in [0.2, 0.25) is 0 Å². The van der Waals surface area contributed by atoms with E-state index in [4.69, 9.17) is 5.73 Å². The second-order valence-electron chi connectivity index (χ2n) is 3.88. The first kappa shape index (κ1) is 12.9. The minimum absolute atomic E-state index is 0.202. The topological polar surface area (TPSA) is 26.0 Å². The molecule has 0 spiro atoms. The number of nitrogens with two attached hydrogens (primary N) is 1. The lowest BCUT2D eigenvalue weighted by Crippen LogP contribution is -2.09. The molecule has 90 valence electrons. The van der Waals surface area contributed by atoms with Crippen LogP contribution in [0.1, 0.15) is 37.3 Å². The standard InChI is InChI=1S/C12H16F3N/c1-2-3-4-5-9-6-7-11(16)10(8-9)12(13,14)15/h6-8H,2-5,16H2,1H3. The Balaban J connectivity index is 2.82. The summed E-state index contributed by atoms with van der Waals surface area (Å²) in [5.41, 5.74) is 5.09. The summed E-state index contributed by atoms with van der Waals surface area (Å²) in [6, 6.07) is 4.16. The molecule has 0 saturated heterocycles. The van der Waals surface area contributed by atoms with E-state index in [0.717, 1.165) is 25.3 Å². The Morgan fingerprint density at radius 2 is 1.88 bits per heavy atom. The maximum absolute atomic E-state index is 12.5. The molecular formula is C12H16F3N. The van der Waals surface area contributed by atoms with Crippen molar-refractivity contribution in [3.63, 3.8) is 0 Å². The van der Waals surface area contributed by atoms with Crippen LogP contribution in [0.3, 0.4) is 0 Å². The van der Waals surface area contributed by atoms with Crippen molar-refractivity contribution >= 4 is 5.69 Å². The zero-order valence-corrected chi connectivity index (χ0v) is 9.27. The summed E-state index contributed by atoms with van der Waals surface area (Å²) in [4.78, 5) is 0. The van der Waals surface area contributed by atoms with Crippen molar-refractivity contribution in [3.05, 3.63) is 29.3 Å². The van der Waals surface area contributed by atoms with Gasteiger partial charge in [-0.15, -0.1) is 0 Å². The number of alkyl halides is 3. The number of anilines is 1. The van der Waals surface area contributed by atoms with Crippen LogP contribution in [0.5, 0.6) is 0 Å². The van der Waals surface area contributed by atoms with Gasteiger partial charge in [-0.05, 0) is 30.5 Å². The first-order valence-electron chi connectivity index (χ1n) is 5.40. The second kappa shape index (κ2) is 5.23. The summed E-state index contributed by atoms with van der Waals surface area (Å²) in [7, 11) is 0. The molecule has 1 rings (SSSR count). The van der Waals surface area contributed by atoms with Gasteiger partial charge in [-0.2, -0.15) is 13.2 Å². The number of aryl methyl sites for hydroxylation is 1. The van der Waals surface area contributed by atoms with Crippen LogP contribution in [-0.4, -0.2) is 0 Å². The van der Waals surface area contributed by atoms with Crippen molar-refractivity contribution in [3.8, 4) is 0 Å². The van der Waals surface area contributed by atoms with Gasteiger partial charge in [0.2, 0.25) is 0 Å². The predicted molar refractivity (Wildman–Crippen MR) is 59.1 cm³/mol. The maximum atomic E-state index is 12.5. The molecule has 0 aliphatic carbocycles. The molecule has 0 saturated carbocycles. The van der Waals surface area contributed by atoms with Gasteiger partial charge >= 0.3 is 6.18 Å². The minimum Gasteiger partial charge on any atom is -0.398 e. The lowest BCUT2D eigenvalue weighted by molar-refractivity contribution is -0.136. The van der Waals surface area contributed by atoms with Crippen LogP contribution < -0.4 is 5.73 Å². The van der Waals surface area contributed by atoms with Crippen molar-refractivity contribution in [2.75, 3.05) is 5.73 Å². The quantitative estimate of drug-likeness (QED) is 0.614. The minimum atomic E-state index is -4.36. The molecule has 2 N–H and O–H groups in total. The average Bonchev–Trinajstić information content (AvgIpc) is 2.19. The highest BCUT2D eigenvalue weighted by Gasteiger charge is 2.32. The van der Waals surface area contributed by atoms with Gasteiger partial charge in [0, 0.05) is 5.69 Å². The second-order valence-corrected chi connectivity index (χ2v) is 3.88. The fourth-order valence-electron chi connectivity index (χ4n) is 1.58. The molecular weight excluding hydrogens is 215 g/mol. The molecule has 0 aliphatic rings. The van der Waals surface area contributed by atoms with Gasteiger partial charge in [-0.3, -0.25) is 0 Å². The number of hydrogen-bond acceptors (Lipinski definition) is 1. The van der Waals surface area contributed by atoms with Gasteiger partial charge < -0.3 is 5.73 Å². The highest BCUT2D eigenvalue weighted by atomic mass is 19.4. The third-order valence-corrected chi connectivity index (χ3v) is 2.49. The monoisotopic (exact) mass is 231 g/mol. The van der Waals surface area contributed by atoms with Crippen LogP contribution in [0.25, 0.3) is 0 Å². The largest absolute Gasteiger partial charge is 0.418 e. The van der Waals surface area contributed by atoms with E-state index < -0.39 is 11.7 Å². The normalized spacial score (nSPS) is 11.8. The molecule has 0 aliphatic heterocycles. The summed E-state index contributed by atoms with van der Waals surface area (Å²) in [5.74, 6) is 0. The van der Waals surface area contributed by atoms with E-state index in [1.807, 2.05) is 0 Å². The number of benzene rings is 1. The highest BCUT2D eigenvalue weighted by Crippen LogP contribution is 2.34. The molecule has 0 atom stereocenters. The van der Waals surface area contributed by atoms with E-state index >= 15 is 0 Å². The average molecular weight is 231 g/mol. The molecule has 0 aromatic heterocycles. The smallest absolute Gasteiger partial charge is 0.398 e. The van der Waals surface area contributed by atoms with Gasteiger partial charge in [-0.25, -0.2) is 0 Å². The van der Waals surface area contributed by atoms with Crippen LogP contribution in [0, 0.1) is 0 Å². The lowest BCUT2D eigenvalue weighted by atomic mass is 10.0. The fourth-order valence-corrected chi connectivity index (χ4v) is 1.58. The van der Waals surface area contributed by atoms with E-state index in [0.29, 0.717) is 12.0 Å². The first-order valence-corrected chi connectivity index (χ1v) is 5.40. The molecule has 0 unspecified atom stereocenters. The predicted octanol–water partition coefficient (Wildman–Crippen LogP) is 4.02. The van der Waals surface area contributed by atoms with Crippen molar-refractivity contribution in [2.45, 2.75) is 38.8 Å². The third-order valence-electron chi connectivity index (χ3n) is 2.49. The molecule has 1 aromatic carbocycles. The zero-order valence-electron chi connectivity index (χ0n) is 9.27. The third kappa shape index (κ3) is 3.43. The Hall–Kier alpha value is -1.19. The van der Waals surface area contributed by atoms with Gasteiger partial charge in [0.1, 0.15) is 0 Å². The fraction of sp³-hybridized carbons (Fsp3) is 0.500. The first-order chi connectivity index (χ1) is 7.45. The summed E-state index contributed by atoms with van der Waals surface area (Å²) in [6.45, 7) is 2.06. The zero-order chi connectivity index (χ0) is 12.2. The number of rotatable bonds is 4. The SMILES string of the molecule is CCCCCc1ccc(N)c(C(F)(F)F)c1. The molecule has 0 amide bonds. The molecule has 0 fully saturated rings. The van der Waals surface area contributed by atoms with Gasteiger partial charge in [0.05, 0.1) is 5.56 Å². The lowest BCUT2D eigenvalue weighted by Gasteiger charge is -2.11. The van der Waals surface area contributed by atoms with E-state index in [1.165, 1.54) is 6.07 Å². The maximum Gasteiger partial charge on any atom is 0.418 e. The number of hydrogen-bond donors (Lipinski definition) is 1. The van der Waals surface area contributed by atoms with Crippen LogP contribution in [0.15, 0.2) is 18.2 Å². The van der Waals surface area contributed by atoms with Crippen molar-refractivity contribution < 1.29 is 13.2 Å². The van der Waals surface area contributed by atoms with Crippen molar-refractivity contribution in [2.24, 2.45) is 0 Å². The Kier molecular flexibility index (Phi) is 4.21. The van der Waals surface area contributed by atoms with Crippen LogP contribution in [-0.2, 0) is 12.6 Å². The molecule has 0 bridgehead atoms. The summed E-state index contributed by atoms with van der Waals surface area (Å²) < 4.78 is 37.6. The number of unbranched alkanes of at least 4 members (excludes halogenated alkanes) is 2. The van der Waals surface area contributed by atoms with E-state index in [1.54, 1.807) is 6.07 Å². The molecule has 0 radical (unpaired) electrons. The van der Waals surface area contributed by atoms with Crippen LogP contribution in [0.4, 0.5) is 18.9 Å². The van der Waals surface area contributed by atoms with E-state index in [2.05, 4.69) is 6.92 Å². The Labute approximate surface area is 93.5 Å². The molecule has 0 heterocycles. The number of halogens is 3. The van der Waals surface area contributed by atoms with Gasteiger partial charge in [0.15, 0.2) is 0 Å².